The third kappa shape index (κ3) is 3.93. The van der Waals surface area contributed by atoms with Crippen molar-refractivity contribution >= 4 is 29.2 Å². The Hall–Kier alpha value is -2.97. The van der Waals surface area contributed by atoms with E-state index in [1.165, 1.54) is 12.1 Å². The molecule has 1 saturated carbocycles. The minimum absolute atomic E-state index is 0.0198. The summed E-state index contributed by atoms with van der Waals surface area (Å²) in [5.41, 5.74) is 0.110. The summed E-state index contributed by atoms with van der Waals surface area (Å²) < 4.78 is 4.89. The Morgan fingerprint density at radius 3 is 2.72 bits per heavy atom. The molecule has 25 heavy (non-hydrogen) atoms. The number of ether oxygens (including phenoxy) is 1. The molecule has 0 bridgehead atoms. The quantitative estimate of drug-likeness (QED) is 0.470. The Morgan fingerprint density at radius 1 is 1.36 bits per heavy atom. The Morgan fingerprint density at radius 2 is 2.12 bits per heavy atom. The minimum atomic E-state index is -0.846. The number of carbonyl (C=O) groups excluding carboxylic acids is 3. The Balaban J connectivity index is 1.65. The van der Waals surface area contributed by atoms with Gasteiger partial charge in [0.15, 0.2) is 6.61 Å². The van der Waals surface area contributed by atoms with Gasteiger partial charge in [-0.25, -0.2) is 4.79 Å². The van der Waals surface area contributed by atoms with Crippen LogP contribution in [0.25, 0.3) is 0 Å². The number of benzene rings is 1. The highest BCUT2D eigenvalue weighted by Gasteiger charge is 2.28. The van der Waals surface area contributed by atoms with Gasteiger partial charge in [0.05, 0.1) is 10.5 Å². The number of nitro benzene ring substituents is 1. The molecule has 0 aromatic heterocycles. The van der Waals surface area contributed by atoms with E-state index < -0.39 is 23.4 Å². The smallest absolute Gasteiger partial charge is 0.338 e. The molecule has 1 aromatic carbocycles. The van der Waals surface area contributed by atoms with Gasteiger partial charge in [-0.05, 0) is 31.4 Å². The van der Waals surface area contributed by atoms with Crippen molar-refractivity contribution in [2.75, 3.05) is 18.5 Å². The maximum absolute atomic E-state index is 12.0. The largest absolute Gasteiger partial charge is 0.452 e. The summed E-state index contributed by atoms with van der Waals surface area (Å²) >= 11 is 0. The molecule has 0 radical (unpaired) electrons. The molecule has 1 aliphatic heterocycles. The number of hydrogen-bond donors (Lipinski definition) is 1. The Bertz CT molecular complexity index is 743. The van der Waals surface area contributed by atoms with Crippen molar-refractivity contribution < 1.29 is 24.0 Å². The fourth-order valence-corrected chi connectivity index (χ4v) is 2.58. The van der Waals surface area contributed by atoms with E-state index in [1.807, 2.05) is 0 Å². The lowest BCUT2D eigenvalue weighted by Gasteiger charge is -2.13. The third-order valence-electron chi connectivity index (χ3n) is 4.07. The van der Waals surface area contributed by atoms with Gasteiger partial charge < -0.3 is 10.1 Å². The van der Waals surface area contributed by atoms with Crippen LogP contribution < -0.4 is 5.32 Å². The van der Waals surface area contributed by atoms with Crippen LogP contribution in [0.3, 0.4) is 0 Å². The SMILES string of the molecule is O=C(OCC(=O)N1CCCC1=O)c1ccc(NC2CC2)c([N+](=O)[O-])c1. The first-order chi connectivity index (χ1) is 12.0. The molecule has 2 amide bonds. The second kappa shape index (κ2) is 6.88. The van der Waals surface area contributed by atoms with Gasteiger partial charge in [-0.15, -0.1) is 0 Å². The number of rotatable bonds is 6. The van der Waals surface area contributed by atoms with Gasteiger partial charge in [-0.2, -0.15) is 0 Å². The van der Waals surface area contributed by atoms with Crippen molar-refractivity contribution in [3.63, 3.8) is 0 Å². The summed E-state index contributed by atoms with van der Waals surface area (Å²) in [5.74, 6) is -1.72. The highest BCUT2D eigenvalue weighted by molar-refractivity contribution is 5.99. The molecule has 2 fully saturated rings. The van der Waals surface area contributed by atoms with Crippen LogP contribution in [0.1, 0.15) is 36.0 Å². The van der Waals surface area contributed by atoms with Crippen LogP contribution in [-0.2, 0) is 14.3 Å². The number of imide groups is 1. The van der Waals surface area contributed by atoms with E-state index >= 15 is 0 Å². The van der Waals surface area contributed by atoms with Gasteiger partial charge in [0.2, 0.25) is 5.91 Å². The molecule has 3 rings (SSSR count). The number of hydrogen-bond acceptors (Lipinski definition) is 7. The molecule has 1 saturated heterocycles. The summed E-state index contributed by atoms with van der Waals surface area (Å²) in [5, 5.41) is 14.2. The number of nitro groups is 1. The van der Waals surface area contributed by atoms with Gasteiger partial charge in [0.25, 0.3) is 11.6 Å². The monoisotopic (exact) mass is 347 g/mol. The predicted octanol–water partition coefficient (Wildman–Crippen LogP) is 1.47. The molecular weight excluding hydrogens is 330 g/mol. The highest BCUT2D eigenvalue weighted by atomic mass is 16.6. The Kier molecular flexibility index (Phi) is 4.64. The van der Waals surface area contributed by atoms with Gasteiger partial charge in [0.1, 0.15) is 5.69 Å². The Labute approximate surface area is 143 Å². The first kappa shape index (κ1) is 16.9. The number of nitrogens with zero attached hydrogens (tertiary/aromatic N) is 2. The number of carbonyl (C=O) groups is 3. The van der Waals surface area contributed by atoms with Crippen LogP contribution in [0, 0.1) is 10.1 Å². The summed E-state index contributed by atoms with van der Waals surface area (Å²) in [6, 6.07) is 4.22. The zero-order valence-corrected chi connectivity index (χ0v) is 13.4. The van der Waals surface area contributed by atoms with Crippen molar-refractivity contribution in [1.29, 1.82) is 0 Å². The van der Waals surface area contributed by atoms with Crippen LogP contribution in [0.2, 0.25) is 0 Å². The number of amides is 2. The van der Waals surface area contributed by atoms with Gasteiger partial charge in [-0.1, -0.05) is 0 Å². The van der Waals surface area contributed by atoms with Crippen molar-refractivity contribution in [2.45, 2.75) is 31.7 Å². The molecule has 1 aliphatic carbocycles. The minimum Gasteiger partial charge on any atom is -0.452 e. The normalized spacial score (nSPS) is 16.6. The molecule has 0 unspecified atom stereocenters. The first-order valence-electron chi connectivity index (χ1n) is 8.01. The van der Waals surface area contributed by atoms with Gasteiger partial charge in [-0.3, -0.25) is 24.6 Å². The molecular formula is C16H17N3O6. The van der Waals surface area contributed by atoms with E-state index in [2.05, 4.69) is 5.32 Å². The van der Waals surface area contributed by atoms with Crippen molar-refractivity contribution in [3.05, 3.63) is 33.9 Å². The lowest BCUT2D eigenvalue weighted by Crippen LogP contribution is -2.35. The number of anilines is 1. The first-order valence-corrected chi connectivity index (χ1v) is 8.01. The molecule has 0 atom stereocenters. The van der Waals surface area contributed by atoms with E-state index in [-0.39, 0.29) is 23.2 Å². The zero-order chi connectivity index (χ0) is 18.0. The fraction of sp³-hybridized carbons (Fsp3) is 0.438. The maximum atomic E-state index is 12.0. The van der Waals surface area contributed by atoms with Crippen LogP contribution in [0.15, 0.2) is 18.2 Å². The van der Waals surface area contributed by atoms with Crippen molar-refractivity contribution in [3.8, 4) is 0 Å². The molecule has 1 aromatic rings. The number of likely N-dealkylation sites (tertiary alicyclic amines) is 1. The summed E-state index contributed by atoms with van der Waals surface area (Å²) in [6.07, 6.45) is 2.82. The molecule has 1 heterocycles. The topological polar surface area (TPSA) is 119 Å². The van der Waals surface area contributed by atoms with E-state index in [4.69, 9.17) is 4.74 Å². The molecule has 0 spiro atoms. The summed E-state index contributed by atoms with van der Waals surface area (Å²) in [7, 11) is 0. The van der Waals surface area contributed by atoms with Crippen LogP contribution in [-0.4, -0.2) is 46.8 Å². The second-order valence-corrected chi connectivity index (χ2v) is 6.03. The average Bonchev–Trinajstić information content (AvgIpc) is 3.30. The molecule has 9 nitrogen and oxygen atoms in total. The lowest BCUT2D eigenvalue weighted by molar-refractivity contribution is -0.384. The van der Waals surface area contributed by atoms with Crippen LogP contribution >= 0.6 is 0 Å². The standard InChI is InChI=1S/C16H17N3O6/c20-14-2-1-7-18(14)15(21)9-25-16(22)10-3-6-12(17-11-4-5-11)13(8-10)19(23)24/h3,6,8,11,17H,1-2,4-5,7,9H2. The van der Waals surface area contributed by atoms with Crippen LogP contribution in [0.5, 0.6) is 0 Å². The fourth-order valence-electron chi connectivity index (χ4n) is 2.58. The summed E-state index contributed by atoms with van der Waals surface area (Å²) in [4.78, 5) is 47.0. The second-order valence-electron chi connectivity index (χ2n) is 6.03. The van der Waals surface area contributed by atoms with E-state index in [9.17, 15) is 24.5 Å². The molecule has 9 heteroatoms. The molecule has 2 aliphatic rings. The average molecular weight is 347 g/mol. The van der Waals surface area contributed by atoms with Gasteiger partial charge in [0, 0.05) is 25.1 Å². The number of esters is 1. The third-order valence-corrected chi connectivity index (χ3v) is 4.07. The van der Waals surface area contributed by atoms with Crippen molar-refractivity contribution in [1.82, 2.24) is 4.90 Å². The zero-order valence-electron chi connectivity index (χ0n) is 13.4. The molecule has 132 valence electrons. The van der Waals surface area contributed by atoms with E-state index in [0.717, 1.165) is 23.8 Å². The summed E-state index contributed by atoms with van der Waals surface area (Å²) in [6.45, 7) is -0.247. The van der Waals surface area contributed by atoms with Crippen molar-refractivity contribution in [2.24, 2.45) is 0 Å². The van der Waals surface area contributed by atoms with Crippen LogP contribution in [0.4, 0.5) is 11.4 Å². The maximum Gasteiger partial charge on any atom is 0.338 e. The van der Waals surface area contributed by atoms with E-state index in [0.29, 0.717) is 25.1 Å². The predicted molar refractivity (Wildman–Crippen MR) is 86.0 cm³/mol. The number of nitrogens with one attached hydrogen (secondary N) is 1. The van der Waals surface area contributed by atoms with E-state index in [1.54, 1.807) is 0 Å². The lowest BCUT2D eigenvalue weighted by atomic mass is 10.1. The van der Waals surface area contributed by atoms with Gasteiger partial charge >= 0.3 is 5.97 Å². The highest BCUT2D eigenvalue weighted by Crippen LogP contribution is 2.31. The molecule has 1 N–H and O–H groups in total.